The Labute approximate surface area is 131 Å². The van der Waals surface area contributed by atoms with E-state index >= 15 is 0 Å². The van der Waals surface area contributed by atoms with Crippen LogP contribution in [0, 0.1) is 0 Å². The highest BCUT2D eigenvalue weighted by Crippen LogP contribution is 2.29. The van der Waals surface area contributed by atoms with Gasteiger partial charge in [0.1, 0.15) is 5.75 Å². The molecule has 1 heterocycles. The van der Waals surface area contributed by atoms with Gasteiger partial charge in [0.05, 0.1) is 11.6 Å². The molecule has 0 saturated carbocycles. The van der Waals surface area contributed by atoms with Gasteiger partial charge >= 0.3 is 0 Å². The first-order valence-corrected chi connectivity index (χ1v) is 9.22. The molecule has 2 rings (SSSR count). The molecule has 0 aromatic heterocycles. The minimum atomic E-state index is 0.318. The van der Waals surface area contributed by atoms with Gasteiger partial charge in [-0.05, 0) is 40.0 Å². The number of nitrogens with one attached hydrogen (secondary N) is 1. The van der Waals surface area contributed by atoms with Crippen molar-refractivity contribution >= 4 is 39.5 Å². The first-order chi connectivity index (χ1) is 9.24. The summed E-state index contributed by atoms with van der Waals surface area (Å²) in [5.41, 5.74) is 4.26. The third-order valence-electron chi connectivity index (χ3n) is 3.18. The van der Waals surface area contributed by atoms with Crippen LogP contribution in [0.25, 0.3) is 0 Å². The van der Waals surface area contributed by atoms with Gasteiger partial charge in [-0.15, -0.1) is 0 Å². The molecule has 2 unspecified atom stereocenters. The second-order valence-electron chi connectivity index (χ2n) is 4.43. The molecule has 1 aromatic rings. The van der Waals surface area contributed by atoms with Gasteiger partial charge in [-0.3, -0.25) is 11.3 Å². The van der Waals surface area contributed by atoms with Crippen LogP contribution >= 0.6 is 39.5 Å². The normalized spacial score (nSPS) is 21.1. The summed E-state index contributed by atoms with van der Waals surface area (Å²) < 4.78 is 6.25. The fourth-order valence-corrected chi connectivity index (χ4v) is 5.59. The second-order valence-corrected chi connectivity index (χ2v) is 7.78. The standard InChI is InChI=1S/C13H19BrN2OS2/c1-17-12-3-2-9(6-10(12)14)7-11(16-15)13-8-18-4-5-19-13/h2-3,6,11,13,16H,4-5,7-8,15H2,1H3. The first-order valence-electron chi connectivity index (χ1n) is 6.22. The predicted molar refractivity (Wildman–Crippen MR) is 89.1 cm³/mol. The van der Waals surface area contributed by atoms with E-state index in [0.717, 1.165) is 16.6 Å². The largest absolute Gasteiger partial charge is 0.496 e. The van der Waals surface area contributed by atoms with Crippen LogP contribution in [0.4, 0.5) is 0 Å². The second kappa shape index (κ2) is 7.78. The van der Waals surface area contributed by atoms with E-state index < -0.39 is 0 Å². The van der Waals surface area contributed by atoms with Gasteiger partial charge in [-0.2, -0.15) is 23.5 Å². The number of rotatable bonds is 5. The van der Waals surface area contributed by atoms with Crippen LogP contribution in [0.5, 0.6) is 5.75 Å². The van der Waals surface area contributed by atoms with E-state index in [2.05, 4.69) is 33.5 Å². The highest BCUT2D eigenvalue weighted by atomic mass is 79.9. The zero-order valence-electron chi connectivity index (χ0n) is 10.9. The fourth-order valence-electron chi connectivity index (χ4n) is 2.13. The molecule has 1 saturated heterocycles. The molecule has 19 heavy (non-hydrogen) atoms. The van der Waals surface area contributed by atoms with E-state index in [1.807, 2.05) is 29.6 Å². The smallest absolute Gasteiger partial charge is 0.133 e. The Morgan fingerprint density at radius 3 is 2.95 bits per heavy atom. The molecule has 1 aliphatic heterocycles. The Balaban J connectivity index is 2.03. The maximum Gasteiger partial charge on any atom is 0.133 e. The summed E-state index contributed by atoms with van der Waals surface area (Å²) in [5.74, 6) is 10.3. The van der Waals surface area contributed by atoms with Crippen molar-refractivity contribution in [2.45, 2.75) is 17.7 Å². The van der Waals surface area contributed by atoms with Crippen molar-refractivity contribution in [1.82, 2.24) is 5.43 Å². The van der Waals surface area contributed by atoms with E-state index in [4.69, 9.17) is 10.6 Å². The van der Waals surface area contributed by atoms with Gasteiger partial charge in [0.15, 0.2) is 0 Å². The molecule has 3 nitrogen and oxygen atoms in total. The lowest BCUT2D eigenvalue weighted by Gasteiger charge is -2.29. The van der Waals surface area contributed by atoms with E-state index in [9.17, 15) is 0 Å². The van der Waals surface area contributed by atoms with Crippen LogP contribution < -0.4 is 16.0 Å². The maximum absolute atomic E-state index is 5.74. The Bertz CT molecular complexity index is 414. The summed E-state index contributed by atoms with van der Waals surface area (Å²) in [4.78, 5) is 0. The highest BCUT2D eigenvalue weighted by molar-refractivity contribution is 9.10. The van der Waals surface area contributed by atoms with Crippen molar-refractivity contribution in [1.29, 1.82) is 0 Å². The molecule has 1 fully saturated rings. The SMILES string of the molecule is COc1ccc(CC(NN)C2CSCCS2)cc1Br. The Kier molecular flexibility index (Phi) is 6.35. The van der Waals surface area contributed by atoms with Crippen molar-refractivity contribution in [3.63, 3.8) is 0 Å². The molecular formula is C13H19BrN2OS2. The number of ether oxygens (including phenoxy) is 1. The number of thioether (sulfide) groups is 2. The molecule has 106 valence electrons. The van der Waals surface area contributed by atoms with Gasteiger partial charge in [0, 0.05) is 28.6 Å². The van der Waals surface area contributed by atoms with Gasteiger partial charge in [-0.1, -0.05) is 6.07 Å². The molecule has 1 aliphatic rings. The van der Waals surface area contributed by atoms with Crippen LogP contribution in [0.1, 0.15) is 5.56 Å². The number of methoxy groups -OCH3 is 1. The minimum absolute atomic E-state index is 0.318. The van der Waals surface area contributed by atoms with Crippen molar-refractivity contribution < 1.29 is 4.74 Å². The first kappa shape index (κ1) is 15.5. The molecule has 6 heteroatoms. The van der Waals surface area contributed by atoms with Gasteiger partial charge in [0.2, 0.25) is 0 Å². The van der Waals surface area contributed by atoms with E-state index in [-0.39, 0.29) is 0 Å². The van der Waals surface area contributed by atoms with Crippen LogP contribution in [0.15, 0.2) is 22.7 Å². The molecule has 0 spiro atoms. The average Bonchev–Trinajstić information content (AvgIpc) is 2.46. The Hall–Kier alpha value is 0.120. The number of nitrogens with two attached hydrogens (primary N) is 1. The van der Waals surface area contributed by atoms with Crippen molar-refractivity contribution in [3.8, 4) is 5.75 Å². The number of benzene rings is 1. The monoisotopic (exact) mass is 362 g/mol. The summed E-state index contributed by atoms with van der Waals surface area (Å²) in [6.45, 7) is 0. The van der Waals surface area contributed by atoms with Gasteiger partial charge in [-0.25, -0.2) is 0 Å². The number of hydrogen-bond donors (Lipinski definition) is 2. The Morgan fingerprint density at radius 1 is 1.53 bits per heavy atom. The zero-order chi connectivity index (χ0) is 13.7. The molecule has 0 radical (unpaired) electrons. The van der Waals surface area contributed by atoms with Crippen LogP contribution in [-0.4, -0.2) is 35.7 Å². The zero-order valence-corrected chi connectivity index (χ0v) is 14.1. The van der Waals surface area contributed by atoms with Crippen LogP contribution in [0.3, 0.4) is 0 Å². The van der Waals surface area contributed by atoms with Crippen LogP contribution in [-0.2, 0) is 6.42 Å². The fraction of sp³-hybridized carbons (Fsp3) is 0.538. The summed E-state index contributed by atoms with van der Waals surface area (Å²) >= 11 is 7.58. The summed E-state index contributed by atoms with van der Waals surface area (Å²) in [7, 11) is 1.68. The third-order valence-corrected chi connectivity index (χ3v) is 6.72. The maximum atomic E-state index is 5.74. The van der Waals surface area contributed by atoms with E-state index in [0.29, 0.717) is 11.3 Å². The molecule has 3 N–H and O–H groups in total. The average molecular weight is 363 g/mol. The predicted octanol–water partition coefficient (Wildman–Crippen LogP) is 2.68. The quantitative estimate of drug-likeness (QED) is 0.622. The van der Waals surface area contributed by atoms with Crippen molar-refractivity contribution in [3.05, 3.63) is 28.2 Å². The van der Waals surface area contributed by atoms with E-state index in [1.165, 1.54) is 22.8 Å². The van der Waals surface area contributed by atoms with Crippen LogP contribution in [0.2, 0.25) is 0 Å². The van der Waals surface area contributed by atoms with E-state index in [1.54, 1.807) is 7.11 Å². The van der Waals surface area contributed by atoms with Gasteiger partial charge in [0.25, 0.3) is 0 Å². The molecule has 2 atom stereocenters. The lowest BCUT2D eigenvalue weighted by Crippen LogP contribution is -2.46. The molecular weight excluding hydrogens is 344 g/mol. The molecule has 1 aromatic carbocycles. The topological polar surface area (TPSA) is 47.3 Å². The van der Waals surface area contributed by atoms with Crippen molar-refractivity contribution in [2.24, 2.45) is 5.84 Å². The van der Waals surface area contributed by atoms with Gasteiger partial charge < -0.3 is 4.74 Å². The Morgan fingerprint density at radius 2 is 2.37 bits per heavy atom. The van der Waals surface area contributed by atoms with Crippen molar-refractivity contribution in [2.75, 3.05) is 24.4 Å². The number of halogens is 1. The molecule has 0 aliphatic carbocycles. The minimum Gasteiger partial charge on any atom is -0.496 e. The summed E-state index contributed by atoms with van der Waals surface area (Å²) in [6.07, 6.45) is 0.942. The highest BCUT2D eigenvalue weighted by Gasteiger charge is 2.24. The third kappa shape index (κ3) is 4.29. The lowest BCUT2D eigenvalue weighted by atomic mass is 10.0. The molecule has 0 bridgehead atoms. The summed E-state index contributed by atoms with van der Waals surface area (Å²) in [6, 6.07) is 6.53. The molecule has 0 amide bonds. The summed E-state index contributed by atoms with van der Waals surface area (Å²) in [5, 5.41) is 0.588. The number of hydrazine groups is 1. The lowest BCUT2D eigenvalue weighted by molar-refractivity contribution is 0.412. The number of hydrogen-bond acceptors (Lipinski definition) is 5.